The van der Waals surface area contributed by atoms with Gasteiger partial charge in [0.05, 0.1) is 29.5 Å². The molecule has 3 aromatic rings. The van der Waals surface area contributed by atoms with Crippen LogP contribution in [0.2, 0.25) is 0 Å². The number of aromatic amines is 1. The van der Waals surface area contributed by atoms with Crippen LogP contribution in [0.25, 0.3) is 11.0 Å². The molecule has 1 aliphatic rings. The quantitative estimate of drug-likeness (QED) is 0.381. The van der Waals surface area contributed by atoms with Crippen LogP contribution in [0.5, 0.6) is 0 Å². The highest BCUT2D eigenvalue weighted by atomic mass is 16.2. The van der Waals surface area contributed by atoms with E-state index in [0.717, 1.165) is 29.4 Å². The van der Waals surface area contributed by atoms with E-state index in [4.69, 9.17) is 0 Å². The molecule has 0 aliphatic carbocycles. The van der Waals surface area contributed by atoms with Crippen LogP contribution in [0, 0.1) is 5.92 Å². The molecule has 1 aliphatic heterocycles. The number of nitrogens with one attached hydrogen (secondary N) is 3. The Kier molecular flexibility index (Phi) is 8.58. The van der Waals surface area contributed by atoms with Gasteiger partial charge >= 0.3 is 0 Å². The number of para-hydroxylation sites is 2. The minimum Gasteiger partial charge on any atom is -0.345 e. The summed E-state index contributed by atoms with van der Waals surface area (Å²) in [6.07, 6.45) is 2.73. The van der Waals surface area contributed by atoms with Gasteiger partial charge < -0.3 is 20.5 Å². The monoisotopic (exact) mass is 503 g/mol. The average molecular weight is 504 g/mol. The molecule has 196 valence electrons. The Morgan fingerprint density at radius 1 is 1.03 bits per heavy atom. The third kappa shape index (κ3) is 6.76. The van der Waals surface area contributed by atoms with Gasteiger partial charge in [-0.05, 0) is 49.8 Å². The summed E-state index contributed by atoms with van der Waals surface area (Å²) in [7, 11) is 0. The first kappa shape index (κ1) is 26.4. The predicted octanol–water partition coefficient (Wildman–Crippen LogP) is 4.41. The molecule has 8 heteroatoms. The number of rotatable bonds is 10. The van der Waals surface area contributed by atoms with Crippen LogP contribution in [0.3, 0.4) is 0 Å². The maximum absolute atomic E-state index is 13.4. The van der Waals surface area contributed by atoms with Gasteiger partial charge in [-0.25, -0.2) is 4.98 Å². The molecule has 3 amide bonds. The molecule has 37 heavy (non-hydrogen) atoms. The van der Waals surface area contributed by atoms with Crippen molar-refractivity contribution in [1.29, 1.82) is 0 Å². The number of carbonyl (C=O) groups is 3. The molecular formula is C29H37N5O3. The maximum Gasteiger partial charge on any atom is 0.243 e. The summed E-state index contributed by atoms with van der Waals surface area (Å²) in [4.78, 5) is 49.2. The fourth-order valence-electron chi connectivity index (χ4n) is 4.83. The number of benzene rings is 2. The topological polar surface area (TPSA) is 107 Å². The first-order valence-electron chi connectivity index (χ1n) is 13.2. The van der Waals surface area contributed by atoms with Crippen molar-refractivity contribution < 1.29 is 14.4 Å². The Hall–Kier alpha value is -3.68. The first-order valence-corrected chi connectivity index (χ1v) is 13.2. The molecule has 1 fully saturated rings. The van der Waals surface area contributed by atoms with Gasteiger partial charge in [0.25, 0.3) is 0 Å². The highest BCUT2D eigenvalue weighted by molar-refractivity contribution is 5.92. The highest BCUT2D eigenvalue weighted by Crippen LogP contribution is 2.32. The number of aromatic nitrogens is 2. The van der Waals surface area contributed by atoms with E-state index in [1.807, 2.05) is 80.3 Å². The zero-order chi connectivity index (χ0) is 26.4. The summed E-state index contributed by atoms with van der Waals surface area (Å²) < 4.78 is 0. The molecule has 0 spiro atoms. The van der Waals surface area contributed by atoms with E-state index in [2.05, 4.69) is 20.6 Å². The summed E-state index contributed by atoms with van der Waals surface area (Å²) in [6.45, 7) is 6.57. The van der Waals surface area contributed by atoms with Crippen LogP contribution in [0.1, 0.15) is 76.3 Å². The molecule has 4 rings (SSSR count). The maximum atomic E-state index is 13.4. The van der Waals surface area contributed by atoms with E-state index in [9.17, 15) is 14.4 Å². The van der Waals surface area contributed by atoms with Crippen LogP contribution in [0.4, 0.5) is 0 Å². The van der Waals surface area contributed by atoms with E-state index in [-0.39, 0.29) is 24.3 Å². The lowest BCUT2D eigenvalue weighted by molar-refractivity contribution is -0.137. The number of hydrogen-bond donors (Lipinski definition) is 3. The van der Waals surface area contributed by atoms with Crippen LogP contribution >= 0.6 is 0 Å². The van der Waals surface area contributed by atoms with Gasteiger partial charge in [0, 0.05) is 13.0 Å². The summed E-state index contributed by atoms with van der Waals surface area (Å²) >= 11 is 0. The third-order valence-corrected chi connectivity index (χ3v) is 6.91. The van der Waals surface area contributed by atoms with Gasteiger partial charge in [-0.3, -0.25) is 14.4 Å². The number of fused-ring (bicyclic) bond motifs is 1. The second-order valence-corrected chi connectivity index (χ2v) is 10.3. The van der Waals surface area contributed by atoms with Gasteiger partial charge in [-0.2, -0.15) is 0 Å². The van der Waals surface area contributed by atoms with Crippen molar-refractivity contribution in [3.05, 3.63) is 66.0 Å². The number of carbonyl (C=O) groups excluding carboxylic acids is 3. The average Bonchev–Trinajstić information content (AvgIpc) is 3.55. The van der Waals surface area contributed by atoms with E-state index < -0.39 is 18.0 Å². The molecule has 3 atom stereocenters. The van der Waals surface area contributed by atoms with Crippen LogP contribution < -0.4 is 10.6 Å². The van der Waals surface area contributed by atoms with Crippen LogP contribution in [0.15, 0.2) is 54.6 Å². The van der Waals surface area contributed by atoms with Gasteiger partial charge in [-0.15, -0.1) is 0 Å². The number of imidazole rings is 1. The number of hydrogen-bond acceptors (Lipinski definition) is 4. The lowest BCUT2D eigenvalue weighted by atomic mass is 10.0. The van der Waals surface area contributed by atoms with Crippen LogP contribution in [-0.2, 0) is 14.4 Å². The smallest absolute Gasteiger partial charge is 0.243 e. The molecule has 2 heterocycles. The van der Waals surface area contributed by atoms with Crippen molar-refractivity contribution in [2.75, 3.05) is 6.54 Å². The lowest BCUT2D eigenvalue weighted by Gasteiger charge is -2.28. The zero-order valence-corrected chi connectivity index (χ0v) is 21.9. The Morgan fingerprint density at radius 3 is 2.49 bits per heavy atom. The zero-order valence-electron chi connectivity index (χ0n) is 21.9. The Morgan fingerprint density at radius 2 is 1.76 bits per heavy atom. The lowest BCUT2D eigenvalue weighted by Crippen LogP contribution is -2.50. The molecule has 0 saturated carbocycles. The summed E-state index contributed by atoms with van der Waals surface area (Å²) in [6, 6.07) is 16.2. The fraction of sp³-hybridized carbons (Fsp3) is 0.448. The van der Waals surface area contributed by atoms with Crippen molar-refractivity contribution in [2.45, 2.75) is 71.0 Å². The van der Waals surface area contributed by atoms with Crippen LogP contribution in [-0.4, -0.2) is 45.2 Å². The standard InChI is InChI=1S/C29H37N5O3/c1-19(2)15-16-26(35)31-24(18-27(36)34-17-9-14-25(34)21-10-5-4-6-11-21)29(37)30-20(3)28-32-22-12-7-8-13-23(22)33-28/h4-8,10-13,19-20,24-25H,9,14-18H2,1-3H3,(H,30,37)(H,31,35)(H,32,33)/t20?,24-,25?/m0/s1. The molecule has 0 bridgehead atoms. The van der Waals surface area contributed by atoms with Gasteiger partial charge in [-0.1, -0.05) is 56.3 Å². The van der Waals surface area contributed by atoms with Gasteiger partial charge in [0.2, 0.25) is 17.7 Å². The molecule has 2 unspecified atom stereocenters. The molecule has 3 N–H and O–H groups in total. The number of likely N-dealkylation sites (tertiary alicyclic amines) is 1. The second-order valence-electron chi connectivity index (χ2n) is 10.3. The normalized spacial score (nSPS) is 17.1. The Bertz CT molecular complexity index is 1190. The summed E-state index contributed by atoms with van der Waals surface area (Å²) in [5.74, 6) is 0.235. The Balaban J connectivity index is 1.47. The van der Waals surface area contributed by atoms with E-state index in [0.29, 0.717) is 31.1 Å². The molecule has 1 aromatic heterocycles. The van der Waals surface area contributed by atoms with Crippen molar-refractivity contribution >= 4 is 28.8 Å². The Labute approximate surface area is 218 Å². The molecule has 2 aromatic carbocycles. The summed E-state index contributed by atoms with van der Waals surface area (Å²) in [5, 5.41) is 5.78. The van der Waals surface area contributed by atoms with E-state index in [1.54, 1.807) is 0 Å². The van der Waals surface area contributed by atoms with Crippen molar-refractivity contribution in [3.63, 3.8) is 0 Å². The predicted molar refractivity (Wildman–Crippen MR) is 143 cm³/mol. The fourth-order valence-corrected chi connectivity index (χ4v) is 4.83. The van der Waals surface area contributed by atoms with Gasteiger partial charge in [0.15, 0.2) is 0 Å². The SMILES string of the molecule is CC(C)CCC(=O)N[C@@H](CC(=O)N1CCCC1c1ccccc1)C(=O)NC(C)c1nc2ccccc2[nH]1. The van der Waals surface area contributed by atoms with Crippen molar-refractivity contribution in [3.8, 4) is 0 Å². The molecule has 8 nitrogen and oxygen atoms in total. The largest absolute Gasteiger partial charge is 0.345 e. The second kappa shape index (κ2) is 12.0. The highest BCUT2D eigenvalue weighted by Gasteiger charge is 2.33. The first-order chi connectivity index (χ1) is 17.8. The third-order valence-electron chi connectivity index (χ3n) is 6.91. The number of nitrogens with zero attached hydrogens (tertiary/aromatic N) is 2. The molecule has 0 radical (unpaired) electrons. The van der Waals surface area contributed by atoms with Crippen molar-refractivity contribution in [2.24, 2.45) is 5.92 Å². The van der Waals surface area contributed by atoms with Gasteiger partial charge in [0.1, 0.15) is 11.9 Å². The summed E-state index contributed by atoms with van der Waals surface area (Å²) in [5.41, 5.74) is 2.79. The van der Waals surface area contributed by atoms with E-state index in [1.165, 1.54) is 0 Å². The van der Waals surface area contributed by atoms with Crippen molar-refractivity contribution in [1.82, 2.24) is 25.5 Å². The molecule has 1 saturated heterocycles. The number of amides is 3. The molecular weight excluding hydrogens is 466 g/mol. The van der Waals surface area contributed by atoms with E-state index >= 15 is 0 Å². The number of H-pyrrole nitrogens is 1. The minimum absolute atomic E-state index is 0.0106. The minimum atomic E-state index is -0.962.